The SMILES string of the molecule is O=C(/N=C(\C(F)F)[C@@H](O)c1ccccc1)OCc1ccccc1. The number of rotatable bonds is 5. The summed E-state index contributed by atoms with van der Waals surface area (Å²) in [5.74, 6) is 0. The molecule has 23 heavy (non-hydrogen) atoms. The first-order valence-corrected chi connectivity index (χ1v) is 6.88. The maximum atomic E-state index is 13.1. The minimum Gasteiger partial charge on any atom is -0.443 e. The van der Waals surface area contributed by atoms with Crippen LogP contribution in [0.3, 0.4) is 0 Å². The zero-order chi connectivity index (χ0) is 16.7. The van der Waals surface area contributed by atoms with E-state index in [2.05, 4.69) is 4.99 Å². The van der Waals surface area contributed by atoms with Crippen molar-refractivity contribution in [2.45, 2.75) is 19.1 Å². The number of nitrogens with zero attached hydrogens (tertiary/aromatic N) is 1. The Morgan fingerprint density at radius 3 is 2.17 bits per heavy atom. The Hall–Kier alpha value is -2.60. The highest BCUT2D eigenvalue weighted by atomic mass is 19.3. The van der Waals surface area contributed by atoms with Crippen LogP contribution in [0.5, 0.6) is 0 Å². The number of benzene rings is 2. The van der Waals surface area contributed by atoms with Crippen LogP contribution in [0.1, 0.15) is 17.2 Å². The van der Waals surface area contributed by atoms with Crippen molar-refractivity contribution in [3.8, 4) is 0 Å². The van der Waals surface area contributed by atoms with Gasteiger partial charge in [-0.25, -0.2) is 13.6 Å². The number of aliphatic imine (C=N–C) groups is 1. The van der Waals surface area contributed by atoms with Gasteiger partial charge in [0.15, 0.2) is 0 Å². The number of alkyl halides is 2. The summed E-state index contributed by atoms with van der Waals surface area (Å²) in [6, 6.07) is 16.6. The minimum atomic E-state index is -3.07. The van der Waals surface area contributed by atoms with E-state index in [9.17, 15) is 18.7 Å². The topological polar surface area (TPSA) is 58.9 Å². The molecule has 0 aliphatic rings. The van der Waals surface area contributed by atoms with Gasteiger partial charge in [0.25, 0.3) is 6.43 Å². The molecule has 4 nitrogen and oxygen atoms in total. The van der Waals surface area contributed by atoms with Gasteiger partial charge < -0.3 is 9.84 Å². The van der Waals surface area contributed by atoms with Gasteiger partial charge in [0, 0.05) is 0 Å². The summed E-state index contributed by atoms with van der Waals surface area (Å²) in [4.78, 5) is 14.8. The fourth-order valence-corrected chi connectivity index (χ4v) is 1.89. The molecule has 2 rings (SSSR count). The van der Waals surface area contributed by atoms with Gasteiger partial charge in [-0.3, -0.25) is 0 Å². The summed E-state index contributed by atoms with van der Waals surface area (Å²) in [7, 11) is 0. The second kappa shape index (κ2) is 8.14. The van der Waals surface area contributed by atoms with Crippen LogP contribution in [0.15, 0.2) is 65.7 Å². The van der Waals surface area contributed by atoms with Crippen LogP contribution in [0.25, 0.3) is 0 Å². The molecule has 0 heterocycles. The van der Waals surface area contributed by atoms with Gasteiger partial charge >= 0.3 is 6.09 Å². The Bertz CT molecular complexity index is 660. The quantitative estimate of drug-likeness (QED) is 0.854. The molecule has 1 amide bonds. The summed E-state index contributed by atoms with van der Waals surface area (Å²) in [6.07, 6.45) is -5.91. The van der Waals surface area contributed by atoms with E-state index in [4.69, 9.17) is 4.74 Å². The summed E-state index contributed by atoms with van der Waals surface area (Å²) in [6.45, 7) is -0.0822. The fraction of sp³-hybridized carbons (Fsp3) is 0.176. The second-order valence-electron chi connectivity index (χ2n) is 4.69. The number of ether oxygens (including phenoxy) is 1. The number of aliphatic hydroxyl groups is 1. The highest BCUT2D eigenvalue weighted by Gasteiger charge is 2.25. The lowest BCUT2D eigenvalue weighted by Crippen LogP contribution is -2.22. The highest BCUT2D eigenvalue weighted by Crippen LogP contribution is 2.19. The molecule has 2 aromatic rings. The van der Waals surface area contributed by atoms with Crippen molar-refractivity contribution >= 4 is 11.8 Å². The molecular weight excluding hydrogens is 304 g/mol. The van der Waals surface area contributed by atoms with E-state index in [1.165, 1.54) is 12.1 Å². The summed E-state index contributed by atoms with van der Waals surface area (Å²) < 4.78 is 30.9. The Labute approximate surface area is 132 Å². The second-order valence-corrected chi connectivity index (χ2v) is 4.69. The van der Waals surface area contributed by atoms with E-state index in [1.807, 2.05) is 0 Å². The third-order valence-corrected chi connectivity index (χ3v) is 3.04. The normalized spacial score (nSPS) is 13.0. The molecule has 0 spiro atoms. The van der Waals surface area contributed by atoms with Crippen molar-refractivity contribution in [1.29, 1.82) is 0 Å². The number of halogens is 2. The van der Waals surface area contributed by atoms with Crippen LogP contribution in [0, 0.1) is 0 Å². The average molecular weight is 319 g/mol. The maximum Gasteiger partial charge on any atom is 0.434 e. The molecule has 0 unspecified atom stereocenters. The molecule has 2 aromatic carbocycles. The monoisotopic (exact) mass is 319 g/mol. The van der Waals surface area contributed by atoms with Crippen molar-refractivity contribution < 1.29 is 23.4 Å². The van der Waals surface area contributed by atoms with E-state index in [0.29, 0.717) is 5.56 Å². The smallest absolute Gasteiger partial charge is 0.434 e. The van der Waals surface area contributed by atoms with Crippen molar-refractivity contribution in [3.05, 3.63) is 71.8 Å². The molecule has 1 atom stereocenters. The molecular formula is C17H15F2NO3. The molecule has 0 aliphatic heterocycles. The Morgan fingerprint density at radius 2 is 1.61 bits per heavy atom. The molecule has 0 radical (unpaired) electrons. The third-order valence-electron chi connectivity index (χ3n) is 3.04. The van der Waals surface area contributed by atoms with Crippen LogP contribution < -0.4 is 0 Å². The predicted molar refractivity (Wildman–Crippen MR) is 81.5 cm³/mol. The van der Waals surface area contributed by atoms with Crippen molar-refractivity contribution in [2.75, 3.05) is 0 Å². The number of hydrogen-bond acceptors (Lipinski definition) is 3. The minimum absolute atomic E-state index is 0.0822. The first kappa shape index (κ1) is 16.8. The summed E-state index contributed by atoms with van der Waals surface area (Å²) in [5.41, 5.74) is -0.00470. The van der Waals surface area contributed by atoms with E-state index < -0.39 is 24.3 Å². The number of hydrogen-bond donors (Lipinski definition) is 1. The first-order chi connectivity index (χ1) is 11.1. The van der Waals surface area contributed by atoms with E-state index in [-0.39, 0.29) is 12.2 Å². The average Bonchev–Trinajstić information content (AvgIpc) is 2.58. The molecule has 6 heteroatoms. The third kappa shape index (κ3) is 4.96. The first-order valence-electron chi connectivity index (χ1n) is 6.88. The molecule has 0 fully saturated rings. The van der Waals surface area contributed by atoms with Crippen LogP contribution in [-0.2, 0) is 11.3 Å². The number of carbonyl (C=O) groups excluding carboxylic acids is 1. The lowest BCUT2D eigenvalue weighted by Gasteiger charge is -2.13. The van der Waals surface area contributed by atoms with E-state index in [0.717, 1.165) is 0 Å². The van der Waals surface area contributed by atoms with Gasteiger partial charge in [-0.2, -0.15) is 4.99 Å². The van der Waals surface area contributed by atoms with E-state index >= 15 is 0 Å². The van der Waals surface area contributed by atoms with Gasteiger partial charge in [0.05, 0.1) is 0 Å². The molecule has 0 aromatic heterocycles. The van der Waals surface area contributed by atoms with Crippen LogP contribution in [0.2, 0.25) is 0 Å². The van der Waals surface area contributed by atoms with Gasteiger partial charge in [-0.1, -0.05) is 60.7 Å². The number of amides is 1. The van der Waals surface area contributed by atoms with Crippen molar-refractivity contribution in [1.82, 2.24) is 0 Å². The van der Waals surface area contributed by atoms with Gasteiger partial charge in [0.2, 0.25) is 0 Å². The zero-order valence-corrected chi connectivity index (χ0v) is 12.1. The van der Waals surface area contributed by atoms with Crippen LogP contribution in [-0.4, -0.2) is 23.3 Å². The Morgan fingerprint density at radius 1 is 1.04 bits per heavy atom. The van der Waals surface area contributed by atoms with Crippen LogP contribution in [0.4, 0.5) is 13.6 Å². The molecule has 0 bridgehead atoms. The predicted octanol–water partition coefficient (Wildman–Crippen LogP) is 3.76. The van der Waals surface area contributed by atoms with Gasteiger partial charge in [-0.05, 0) is 11.1 Å². The number of carbonyl (C=O) groups is 1. The number of aliphatic hydroxyl groups excluding tert-OH is 1. The van der Waals surface area contributed by atoms with E-state index in [1.54, 1.807) is 48.5 Å². The molecule has 0 saturated carbocycles. The summed E-state index contributed by atoms with van der Waals surface area (Å²) >= 11 is 0. The molecule has 0 saturated heterocycles. The maximum absolute atomic E-state index is 13.1. The Balaban J connectivity index is 2.07. The molecule has 0 aliphatic carbocycles. The van der Waals surface area contributed by atoms with Gasteiger partial charge in [-0.15, -0.1) is 0 Å². The van der Waals surface area contributed by atoms with Crippen molar-refractivity contribution in [2.24, 2.45) is 4.99 Å². The van der Waals surface area contributed by atoms with Crippen molar-refractivity contribution in [3.63, 3.8) is 0 Å². The Kier molecular flexibility index (Phi) is 5.94. The zero-order valence-electron chi connectivity index (χ0n) is 12.1. The highest BCUT2D eigenvalue weighted by molar-refractivity contribution is 5.98. The largest absolute Gasteiger partial charge is 0.443 e. The molecule has 1 N–H and O–H groups in total. The van der Waals surface area contributed by atoms with Gasteiger partial charge in [0.1, 0.15) is 18.4 Å². The molecule has 120 valence electrons. The fourth-order valence-electron chi connectivity index (χ4n) is 1.89. The van der Waals surface area contributed by atoms with Crippen LogP contribution >= 0.6 is 0 Å². The summed E-state index contributed by atoms with van der Waals surface area (Å²) in [5, 5.41) is 9.97. The lowest BCUT2D eigenvalue weighted by molar-refractivity contribution is 0.146. The standard InChI is InChI=1S/C17H15F2NO3/c18-16(19)14(15(21)13-9-5-2-6-10-13)20-17(22)23-11-12-7-3-1-4-8-12/h1-10,15-16,21H,11H2/b20-14-/t15-/m0/s1. The lowest BCUT2D eigenvalue weighted by atomic mass is 10.1.